The van der Waals surface area contributed by atoms with Crippen LogP contribution in [0.15, 0.2) is 23.6 Å². The van der Waals surface area contributed by atoms with E-state index in [4.69, 9.17) is 20.2 Å². The maximum atomic E-state index is 12.1. The highest BCUT2D eigenvalue weighted by molar-refractivity contribution is 7.10. The number of ketones is 1. The summed E-state index contributed by atoms with van der Waals surface area (Å²) in [5.74, 6) is 0.845. The lowest BCUT2D eigenvalue weighted by Crippen LogP contribution is -2.45. The maximum Gasteiger partial charge on any atom is 0.158 e. The lowest BCUT2D eigenvalue weighted by Gasteiger charge is -2.36. The van der Waals surface area contributed by atoms with Crippen molar-refractivity contribution in [1.82, 2.24) is 9.97 Å². The van der Waals surface area contributed by atoms with Gasteiger partial charge in [-0.05, 0) is 26.0 Å². The molecule has 0 amide bonds. The number of anilines is 1. The molecule has 3 atom stereocenters. The molecule has 0 bridgehead atoms. The number of nitrogens with two attached hydrogens (primary N) is 1. The van der Waals surface area contributed by atoms with Crippen molar-refractivity contribution in [1.29, 1.82) is 0 Å². The summed E-state index contributed by atoms with van der Waals surface area (Å²) < 4.78 is 10.7. The van der Waals surface area contributed by atoms with Crippen LogP contribution >= 0.6 is 11.3 Å². The molecule has 0 spiro atoms. The topological polar surface area (TPSA) is 90.6 Å². The van der Waals surface area contributed by atoms with Gasteiger partial charge < -0.3 is 20.1 Å². The number of nitrogens with zero attached hydrogens (tertiary/aromatic N) is 3. The Morgan fingerprint density at radius 2 is 2.07 bits per heavy atom. The first-order valence-electron chi connectivity index (χ1n) is 9.05. The first-order valence-corrected chi connectivity index (χ1v) is 9.93. The molecule has 1 aliphatic rings. The molecule has 2 aromatic heterocycles. The number of ether oxygens (including phenoxy) is 2. The molecule has 2 N–H and O–H groups in total. The third kappa shape index (κ3) is 5.10. The Kier molecular flexibility index (Phi) is 6.54. The zero-order chi connectivity index (χ0) is 19.4. The van der Waals surface area contributed by atoms with Gasteiger partial charge in [0, 0.05) is 25.6 Å². The van der Waals surface area contributed by atoms with Gasteiger partial charge in [0.05, 0.1) is 42.7 Å². The van der Waals surface area contributed by atoms with Crippen LogP contribution in [0.3, 0.4) is 0 Å². The Balaban J connectivity index is 1.72. The van der Waals surface area contributed by atoms with E-state index in [1.807, 2.05) is 23.6 Å². The summed E-state index contributed by atoms with van der Waals surface area (Å²) in [6.07, 6.45) is 0.563. The summed E-state index contributed by atoms with van der Waals surface area (Å²) in [5, 5.41) is 2.67. The van der Waals surface area contributed by atoms with Crippen molar-refractivity contribution in [3.8, 4) is 11.4 Å². The molecule has 2 aromatic rings. The molecule has 1 saturated heterocycles. The van der Waals surface area contributed by atoms with Crippen molar-refractivity contribution >= 4 is 22.9 Å². The van der Waals surface area contributed by atoms with E-state index in [1.54, 1.807) is 0 Å². The normalized spacial score (nSPS) is 21.3. The van der Waals surface area contributed by atoms with Gasteiger partial charge in [0.15, 0.2) is 5.78 Å². The number of aromatic nitrogens is 2. The van der Waals surface area contributed by atoms with Crippen molar-refractivity contribution < 1.29 is 14.3 Å². The molecule has 1 unspecified atom stereocenters. The minimum atomic E-state index is -0.617. The van der Waals surface area contributed by atoms with Crippen molar-refractivity contribution in [2.45, 2.75) is 38.5 Å². The van der Waals surface area contributed by atoms with Gasteiger partial charge in [-0.2, -0.15) is 0 Å². The molecular weight excluding hydrogens is 364 g/mol. The van der Waals surface area contributed by atoms with Crippen LogP contribution < -0.4 is 10.6 Å². The van der Waals surface area contributed by atoms with Crippen molar-refractivity contribution in [2.75, 3.05) is 31.7 Å². The Bertz CT molecular complexity index is 772. The molecule has 27 heavy (non-hydrogen) atoms. The highest BCUT2D eigenvalue weighted by Gasteiger charge is 2.23. The Hall–Kier alpha value is -1.87. The van der Waals surface area contributed by atoms with Crippen LogP contribution in [0.25, 0.3) is 11.4 Å². The molecule has 0 radical (unpaired) electrons. The Labute approximate surface area is 163 Å². The standard InChI is InChI=1S/C19H26N4O3S/c1-12-8-23(9-13(2)26-12)18-6-4-5-15(21-18)16-11-27-19(22-16)7-17(24)14(20)10-25-3/h4-6,11-14H,7-10,20H2,1-3H3/t12-,13+,14?. The molecule has 0 aromatic carbocycles. The predicted octanol–water partition coefficient (Wildman–Crippen LogP) is 1.90. The molecule has 1 aliphatic heterocycles. The van der Waals surface area contributed by atoms with E-state index < -0.39 is 6.04 Å². The number of methoxy groups -OCH3 is 1. The number of thiazole rings is 1. The minimum absolute atomic E-state index is 0.0734. The second-order valence-electron chi connectivity index (χ2n) is 6.87. The molecule has 146 valence electrons. The van der Waals surface area contributed by atoms with Gasteiger partial charge in [0.2, 0.25) is 0 Å². The summed E-state index contributed by atoms with van der Waals surface area (Å²) in [7, 11) is 1.53. The van der Waals surface area contributed by atoms with Gasteiger partial charge in [-0.25, -0.2) is 9.97 Å². The lowest BCUT2D eigenvalue weighted by atomic mass is 10.1. The zero-order valence-corrected chi connectivity index (χ0v) is 16.7. The quantitative estimate of drug-likeness (QED) is 0.772. The van der Waals surface area contributed by atoms with E-state index >= 15 is 0 Å². The van der Waals surface area contributed by atoms with E-state index in [-0.39, 0.29) is 31.0 Å². The Morgan fingerprint density at radius 1 is 1.33 bits per heavy atom. The monoisotopic (exact) mass is 390 g/mol. The van der Waals surface area contributed by atoms with Crippen molar-refractivity contribution in [3.63, 3.8) is 0 Å². The van der Waals surface area contributed by atoms with E-state index in [1.165, 1.54) is 18.4 Å². The predicted molar refractivity (Wildman–Crippen MR) is 106 cm³/mol. The number of rotatable bonds is 7. The van der Waals surface area contributed by atoms with Crippen LogP contribution in [0.4, 0.5) is 5.82 Å². The number of hydrogen-bond acceptors (Lipinski definition) is 8. The maximum absolute atomic E-state index is 12.1. The van der Waals surface area contributed by atoms with Gasteiger partial charge in [0.1, 0.15) is 10.8 Å². The highest BCUT2D eigenvalue weighted by atomic mass is 32.1. The number of carbonyl (C=O) groups is 1. The van der Waals surface area contributed by atoms with Crippen LogP contribution in [-0.2, 0) is 20.7 Å². The third-order valence-electron chi connectivity index (χ3n) is 4.38. The van der Waals surface area contributed by atoms with Crippen LogP contribution in [0, 0.1) is 0 Å². The molecule has 3 rings (SSSR count). The summed E-state index contributed by atoms with van der Waals surface area (Å²) in [5.41, 5.74) is 7.37. The molecule has 1 fully saturated rings. The third-order valence-corrected chi connectivity index (χ3v) is 5.23. The van der Waals surface area contributed by atoms with Crippen LogP contribution in [0.5, 0.6) is 0 Å². The first kappa shape index (κ1) is 19.9. The van der Waals surface area contributed by atoms with Gasteiger partial charge >= 0.3 is 0 Å². The lowest BCUT2D eigenvalue weighted by molar-refractivity contribution is -0.120. The van der Waals surface area contributed by atoms with Gasteiger partial charge in [-0.3, -0.25) is 4.79 Å². The average Bonchev–Trinajstić information content (AvgIpc) is 3.10. The number of pyridine rings is 1. The van der Waals surface area contributed by atoms with E-state index in [9.17, 15) is 4.79 Å². The fraction of sp³-hybridized carbons (Fsp3) is 0.526. The van der Waals surface area contributed by atoms with E-state index in [0.29, 0.717) is 0 Å². The molecule has 3 heterocycles. The second-order valence-corrected chi connectivity index (χ2v) is 7.82. The summed E-state index contributed by atoms with van der Waals surface area (Å²) in [6, 6.07) is 5.32. The van der Waals surface area contributed by atoms with Crippen LogP contribution in [-0.4, -0.2) is 60.8 Å². The van der Waals surface area contributed by atoms with Crippen molar-refractivity contribution in [3.05, 3.63) is 28.6 Å². The van der Waals surface area contributed by atoms with E-state index in [2.05, 4.69) is 23.7 Å². The largest absolute Gasteiger partial charge is 0.383 e. The smallest absolute Gasteiger partial charge is 0.158 e. The van der Waals surface area contributed by atoms with E-state index in [0.717, 1.165) is 35.3 Å². The number of morpholine rings is 1. The summed E-state index contributed by atoms with van der Waals surface area (Å²) in [4.78, 5) is 23.7. The van der Waals surface area contributed by atoms with Crippen LogP contribution in [0.1, 0.15) is 18.9 Å². The number of Topliss-reactive ketones (excluding diaryl/α,β-unsaturated/α-hetero) is 1. The summed E-state index contributed by atoms with van der Waals surface area (Å²) in [6.45, 7) is 6.00. The van der Waals surface area contributed by atoms with Crippen LogP contribution in [0.2, 0.25) is 0 Å². The highest BCUT2D eigenvalue weighted by Crippen LogP contribution is 2.25. The molecule has 7 nitrogen and oxygen atoms in total. The molecule has 8 heteroatoms. The van der Waals surface area contributed by atoms with Gasteiger partial charge in [-0.1, -0.05) is 6.07 Å². The minimum Gasteiger partial charge on any atom is -0.383 e. The number of hydrogen-bond donors (Lipinski definition) is 1. The molecular formula is C19H26N4O3S. The first-order chi connectivity index (χ1) is 13.0. The van der Waals surface area contributed by atoms with Gasteiger partial charge in [-0.15, -0.1) is 11.3 Å². The molecule has 0 saturated carbocycles. The average molecular weight is 391 g/mol. The fourth-order valence-corrected chi connectivity index (χ4v) is 3.97. The SMILES string of the molecule is COCC(N)C(=O)Cc1nc(-c2cccc(N3C[C@@H](C)O[C@@H](C)C3)n2)cs1. The zero-order valence-electron chi connectivity index (χ0n) is 15.9. The van der Waals surface area contributed by atoms with Crippen molar-refractivity contribution in [2.24, 2.45) is 5.73 Å². The summed E-state index contributed by atoms with van der Waals surface area (Å²) >= 11 is 1.45. The molecule has 0 aliphatic carbocycles. The van der Waals surface area contributed by atoms with Gasteiger partial charge in [0.25, 0.3) is 0 Å². The second kappa shape index (κ2) is 8.88. The number of carbonyl (C=O) groups excluding carboxylic acids is 1. The fourth-order valence-electron chi connectivity index (χ4n) is 3.17. The Morgan fingerprint density at radius 3 is 2.78 bits per heavy atom.